The molecule has 5 heteroatoms. The number of amides is 1. The van der Waals surface area contributed by atoms with Crippen molar-refractivity contribution in [1.29, 1.82) is 0 Å². The quantitative estimate of drug-likeness (QED) is 0.806. The third kappa shape index (κ3) is 3.56. The summed E-state index contributed by atoms with van der Waals surface area (Å²) in [6, 6.07) is 4.75. The van der Waals surface area contributed by atoms with E-state index in [2.05, 4.69) is 0 Å². The van der Waals surface area contributed by atoms with Crippen LogP contribution in [0.2, 0.25) is 5.02 Å². The Kier molecular flexibility index (Phi) is 5.23. The molecule has 21 heavy (non-hydrogen) atoms. The second kappa shape index (κ2) is 6.94. The van der Waals surface area contributed by atoms with E-state index in [0.29, 0.717) is 30.2 Å². The standard InChI is InChI=1S/C16H20ClNO3/c1-3-21-16(20)14-6-4-5-9-18(14)15(19)12-8-7-11(2)13(17)10-12/h7-8,10,14H,3-6,9H2,1-2H3. The van der Waals surface area contributed by atoms with E-state index < -0.39 is 6.04 Å². The van der Waals surface area contributed by atoms with E-state index >= 15 is 0 Å². The highest BCUT2D eigenvalue weighted by Crippen LogP contribution is 2.23. The zero-order chi connectivity index (χ0) is 15.4. The van der Waals surface area contributed by atoms with Gasteiger partial charge in [-0.3, -0.25) is 4.79 Å². The summed E-state index contributed by atoms with van der Waals surface area (Å²) in [5.74, 6) is -0.474. The lowest BCUT2D eigenvalue weighted by Crippen LogP contribution is -2.48. The molecule has 0 saturated carbocycles. The zero-order valence-corrected chi connectivity index (χ0v) is 13.2. The van der Waals surface area contributed by atoms with Crippen LogP contribution in [0, 0.1) is 6.92 Å². The number of hydrogen-bond donors (Lipinski definition) is 0. The first-order chi connectivity index (χ1) is 10.0. The predicted octanol–water partition coefficient (Wildman–Crippen LogP) is 3.21. The number of nitrogens with zero attached hydrogens (tertiary/aromatic N) is 1. The van der Waals surface area contributed by atoms with Crippen molar-refractivity contribution in [3.05, 3.63) is 34.3 Å². The molecule has 1 fully saturated rings. The van der Waals surface area contributed by atoms with Crippen LogP contribution in [0.1, 0.15) is 42.1 Å². The van der Waals surface area contributed by atoms with E-state index in [1.165, 1.54) is 0 Å². The zero-order valence-electron chi connectivity index (χ0n) is 12.4. The van der Waals surface area contributed by atoms with Crippen LogP contribution in [-0.4, -0.2) is 36.0 Å². The number of esters is 1. The van der Waals surface area contributed by atoms with Gasteiger partial charge < -0.3 is 9.64 Å². The van der Waals surface area contributed by atoms with Gasteiger partial charge in [0.05, 0.1) is 6.61 Å². The van der Waals surface area contributed by atoms with Crippen LogP contribution in [0.5, 0.6) is 0 Å². The summed E-state index contributed by atoms with van der Waals surface area (Å²) in [4.78, 5) is 26.3. The Bertz CT molecular complexity index is 544. The molecule has 0 bridgehead atoms. The molecule has 1 amide bonds. The lowest BCUT2D eigenvalue weighted by Gasteiger charge is -2.34. The highest BCUT2D eigenvalue weighted by molar-refractivity contribution is 6.31. The Morgan fingerprint density at radius 1 is 1.38 bits per heavy atom. The van der Waals surface area contributed by atoms with Crippen molar-refractivity contribution >= 4 is 23.5 Å². The van der Waals surface area contributed by atoms with E-state index in [9.17, 15) is 9.59 Å². The van der Waals surface area contributed by atoms with Gasteiger partial charge in [-0.15, -0.1) is 0 Å². The fourth-order valence-electron chi connectivity index (χ4n) is 2.55. The molecule has 114 valence electrons. The number of hydrogen-bond acceptors (Lipinski definition) is 3. The molecule has 1 heterocycles. The van der Waals surface area contributed by atoms with Gasteiger partial charge in [0.15, 0.2) is 0 Å². The molecule has 2 rings (SSSR count). The maximum Gasteiger partial charge on any atom is 0.328 e. The van der Waals surface area contributed by atoms with E-state index in [-0.39, 0.29) is 11.9 Å². The SMILES string of the molecule is CCOC(=O)C1CCCCN1C(=O)c1ccc(C)c(Cl)c1. The fourth-order valence-corrected chi connectivity index (χ4v) is 2.73. The molecule has 1 saturated heterocycles. The molecule has 1 aliphatic rings. The average Bonchev–Trinajstić information content (AvgIpc) is 2.49. The molecular weight excluding hydrogens is 290 g/mol. The van der Waals surface area contributed by atoms with Gasteiger partial charge in [0, 0.05) is 17.1 Å². The minimum Gasteiger partial charge on any atom is -0.464 e. The normalized spacial score (nSPS) is 18.4. The summed E-state index contributed by atoms with van der Waals surface area (Å²) >= 11 is 6.08. The minimum absolute atomic E-state index is 0.158. The lowest BCUT2D eigenvalue weighted by molar-refractivity contribution is -0.149. The van der Waals surface area contributed by atoms with Crippen LogP contribution >= 0.6 is 11.6 Å². The van der Waals surface area contributed by atoms with Crippen molar-refractivity contribution in [3.8, 4) is 0 Å². The van der Waals surface area contributed by atoms with Crippen molar-refractivity contribution in [2.75, 3.05) is 13.2 Å². The second-order valence-corrected chi connectivity index (χ2v) is 5.63. The summed E-state index contributed by atoms with van der Waals surface area (Å²) in [7, 11) is 0. The maximum absolute atomic E-state index is 12.6. The monoisotopic (exact) mass is 309 g/mol. The molecule has 0 aliphatic carbocycles. The van der Waals surface area contributed by atoms with Gasteiger partial charge in [-0.1, -0.05) is 17.7 Å². The molecule has 1 aromatic rings. The van der Waals surface area contributed by atoms with Crippen molar-refractivity contribution in [2.45, 2.75) is 39.2 Å². The number of benzene rings is 1. The number of carbonyl (C=O) groups is 2. The predicted molar refractivity (Wildman–Crippen MR) is 81.5 cm³/mol. The van der Waals surface area contributed by atoms with Crippen LogP contribution in [0.25, 0.3) is 0 Å². The topological polar surface area (TPSA) is 46.6 Å². The van der Waals surface area contributed by atoms with Gasteiger partial charge in [0.25, 0.3) is 5.91 Å². The largest absolute Gasteiger partial charge is 0.464 e. The van der Waals surface area contributed by atoms with Gasteiger partial charge in [0.2, 0.25) is 0 Å². The summed E-state index contributed by atoms with van der Waals surface area (Å²) in [5.41, 5.74) is 1.44. The second-order valence-electron chi connectivity index (χ2n) is 5.23. The highest BCUT2D eigenvalue weighted by atomic mass is 35.5. The highest BCUT2D eigenvalue weighted by Gasteiger charge is 2.33. The number of likely N-dealkylation sites (tertiary alicyclic amines) is 1. The third-order valence-electron chi connectivity index (χ3n) is 3.74. The molecule has 1 aromatic carbocycles. The average molecular weight is 310 g/mol. The first-order valence-corrected chi connectivity index (χ1v) is 7.66. The fraction of sp³-hybridized carbons (Fsp3) is 0.500. The molecule has 0 N–H and O–H groups in total. The van der Waals surface area contributed by atoms with Crippen LogP contribution in [0.3, 0.4) is 0 Å². The van der Waals surface area contributed by atoms with Gasteiger partial charge in [-0.05, 0) is 50.8 Å². The molecular formula is C16H20ClNO3. The molecule has 4 nitrogen and oxygen atoms in total. The number of rotatable bonds is 3. The number of piperidine rings is 1. The van der Waals surface area contributed by atoms with Crippen molar-refractivity contribution in [3.63, 3.8) is 0 Å². The smallest absolute Gasteiger partial charge is 0.328 e. The lowest BCUT2D eigenvalue weighted by atomic mass is 10.0. The van der Waals surface area contributed by atoms with Crippen molar-refractivity contribution in [2.24, 2.45) is 0 Å². The molecule has 0 aromatic heterocycles. The Morgan fingerprint density at radius 2 is 2.14 bits per heavy atom. The van der Waals surface area contributed by atoms with Gasteiger partial charge in [0.1, 0.15) is 6.04 Å². The van der Waals surface area contributed by atoms with E-state index in [4.69, 9.17) is 16.3 Å². The van der Waals surface area contributed by atoms with Crippen LogP contribution in [-0.2, 0) is 9.53 Å². The van der Waals surface area contributed by atoms with Crippen molar-refractivity contribution < 1.29 is 14.3 Å². The molecule has 1 atom stereocenters. The van der Waals surface area contributed by atoms with Gasteiger partial charge in [-0.25, -0.2) is 4.79 Å². The number of halogens is 1. The molecule has 1 aliphatic heterocycles. The van der Waals surface area contributed by atoms with E-state index in [1.807, 2.05) is 13.0 Å². The Balaban J connectivity index is 2.21. The van der Waals surface area contributed by atoms with E-state index in [0.717, 1.165) is 18.4 Å². The molecule has 0 radical (unpaired) electrons. The van der Waals surface area contributed by atoms with Crippen LogP contribution < -0.4 is 0 Å². The Hall–Kier alpha value is -1.55. The first-order valence-electron chi connectivity index (χ1n) is 7.28. The van der Waals surface area contributed by atoms with Crippen LogP contribution in [0.4, 0.5) is 0 Å². The Labute approximate surface area is 130 Å². The molecule has 1 unspecified atom stereocenters. The summed E-state index contributed by atoms with van der Waals surface area (Å²) in [6.07, 6.45) is 2.49. The van der Waals surface area contributed by atoms with E-state index in [1.54, 1.807) is 24.0 Å². The summed E-state index contributed by atoms with van der Waals surface area (Å²) < 4.78 is 5.08. The number of carbonyl (C=O) groups excluding carboxylic acids is 2. The number of ether oxygens (including phenoxy) is 1. The van der Waals surface area contributed by atoms with Gasteiger partial charge >= 0.3 is 5.97 Å². The maximum atomic E-state index is 12.6. The van der Waals surface area contributed by atoms with Crippen molar-refractivity contribution in [1.82, 2.24) is 4.90 Å². The van der Waals surface area contributed by atoms with Gasteiger partial charge in [-0.2, -0.15) is 0 Å². The molecule has 0 spiro atoms. The summed E-state index contributed by atoms with van der Waals surface area (Å²) in [6.45, 7) is 4.56. The number of aryl methyl sites for hydroxylation is 1. The Morgan fingerprint density at radius 3 is 2.81 bits per heavy atom. The minimum atomic E-state index is -0.480. The third-order valence-corrected chi connectivity index (χ3v) is 4.15. The van der Waals surface area contributed by atoms with Crippen LogP contribution in [0.15, 0.2) is 18.2 Å². The first kappa shape index (κ1) is 15.8. The summed E-state index contributed by atoms with van der Waals surface area (Å²) in [5, 5.41) is 0.561.